The lowest BCUT2D eigenvalue weighted by Gasteiger charge is -2.34. The van der Waals surface area contributed by atoms with Crippen molar-refractivity contribution in [2.45, 2.75) is 18.9 Å². The molecule has 11 nitrogen and oxygen atoms in total. The van der Waals surface area contributed by atoms with E-state index in [-0.39, 0.29) is 17.8 Å². The molecule has 6 rings (SSSR count). The molecular weight excluding hydrogens is 525 g/mol. The second kappa shape index (κ2) is 11.7. The molecule has 0 unspecified atom stereocenters. The molecule has 1 atom stereocenters. The first-order valence-corrected chi connectivity index (χ1v) is 13.9. The van der Waals surface area contributed by atoms with E-state index in [0.29, 0.717) is 41.8 Å². The number of likely N-dealkylation sites (tertiary alicyclic amines) is 1. The smallest absolute Gasteiger partial charge is 0.248 e. The fraction of sp³-hybridized carbons (Fsp3) is 0.379. The Hall–Kier alpha value is -4.29. The van der Waals surface area contributed by atoms with Crippen LogP contribution in [0.15, 0.2) is 54.7 Å². The van der Waals surface area contributed by atoms with Gasteiger partial charge in [-0.15, -0.1) is 0 Å². The van der Waals surface area contributed by atoms with Gasteiger partial charge in [0.1, 0.15) is 17.9 Å². The van der Waals surface area contributed by atoms with Gasteiger partial charge in [-0.1, -0.05) is 0 Å². The van der Waals surface area contributed by atoms with Crippen molar-refractivity contribution in [2.24, 2.45) is 0 Å². The number of imidazole rings is 1. The first-order valence-electron chi connectivity index (χ1n) is 13.9. The fourth-order valence-corrected chi connectivity index (χ4v) is 5.49. The van der Waals surface area contributed by atoms with E-state index in [1.54, 1.807) is 23.2 Å². The van der Waals surface area contributed by atoms with Crippen molar-refractivity contribution in [3.05, 3.63) is 60.5 Å². The summed E-state index contributed by atoms with van der Waals surface area (Å²) in [6.45, 7) is 4.59. The van der Waals surface area contributed by atoms with Crippen LogP contribution in [0.1, 0.15) is 18.9 Å². The van der Waals surface area contributed by atoms with Gasteiger partial charge in [-0.25, -0.2) is 14.4 Å². The Labute approximate surface area is 237 Å². The number of hydrogen-bond acceptors (Lipinski definition) is 9. The molecule has 41 heavy (non-hydrogen) atoms. The summed E-state index contributed by atoms with van der Waals surface area (Å²) in [4.78, 5) is 32.8. The molecule has 12 heteroatoms. The standard InChI is InChI=1S/C29H34FN9O2/c1-36-13-15-37(16-14-36)23-10-8-21(9-11-23)32-28-31-17-25-27(35-28)39(24-3-2-12-38(18-24)26(41)19-40)29(34-25)33-22-6-4-20(30)5-7-22/h4-11,17,24,40H,2-3,12-16,18-19H2,1H3,(H,33,34)(H,31,32,35)/t24-/m1/s1. The Kier molecular flexibility index (Phi) is 7.66. The van der Waals surface area contributed by atoms with Crippen LogP contribution < -0.4 is 15.5 Å². The zero-order chi connectivity index (χ0) is 28.3. The van der Waals surface area contributed by atoms with E-state index in [2.05, 4.69) is 44.6 Å². The lowest BCUT2D eigenvalue weighted by Crippen LogP contribution is -2.44. The highest BCUT2D eigenvalue weighted by Crippen LogP contribution is 2.32. The Morgan fingerprint density at radius 2 is 1.68 bits per heavy atom. The molecule has 0 saturated carbocycles. The summed E-state index contributed by atoms with van der Waals surface area (Å²) >= 11 is 0. The Morgan fingerprint density at radius 3 is 2.41 bits per heavy atom. The second-order valence-corrected chi connectivity index (χ2v) is 10.6. The van der Waals surface area contributed by atoms with Crippen LogP contribution in [0.3, 0.4) is 0 Å². The zero-order valence-corrected chi connectivity index (χ0v) is 23.0. The Morgan fingerprint density at radius 1 is 0.976 bits per heavy atom. The number of carbonyl (C=O) groups excluding carboxylic acids is 1. The molecule has 2 saturated heterocycles. The van der Waals surface area contributed by atoms with Crippen molar-refractivity contribution < 1.29 is 14.3 Å². The Balaban J connectivity index is 1.29. The van der Waals surface area contributed by atoms with Crippen LogP contribution in [0, 0.1) is 5.82 Å². The molecule has 0 bridgehead atoms. The van der Waals surface area contributed by atoms with Crippen LogP contribution in [-0.4, -0.2) is 93.3 Å². The van der Waals surface area contributed by atoms with E-state index in [1.807, 2.05) is 16.7 Å². The molecule has 0 spiro atoms. The highest BCUT2D eigenvalue weighted by Gasteiger charge is 2.28. The van der Waals surface area contributed by atoms with Crippen molar-refractivity contribution in [3.8, 4) is 0 Å². The number of fused-ring (bicyclic) bond motifs is 1. The summed E-state index contributed by atoms with van der Waals surface area (Å²) in [5, 5.41) is 16.0. The van der Waals surface area contributed by atoms with Gasteiger partial charge < -0.3 is 30.4 Å². The molecular formula is C29H34FN9O2. The number of halogens is 1. The minimum atomic E-state index is -0.526. The van der Waals surface area contributed by atoms with E-state index >= 15 is 0 Å². The molecule has 2 fully saturated rings. The summed E-state index contributed by atoms with van der Waals surface area (Å²) < 4.78 is 15.5. The zero-order valence-electron chi connectivity index (χ0n) is 23.0. The number of anilines is 5. The van der Waals surface area contributed by atoms with Crippen LogP contribution >= 0.6 is 0 Å². The molecule has 0 radical (unpaired) electrons. The molecule has 1 amide bonds. The number of amides is 1. The third kappa shape index (κ3) is 5.93. The number of aromatic nitrogens is 4. The van der Waals surface area contributed by atoms with Crippen molar-refractivity contribution in [1.29, 1.82) is 0 Å². The molecule has 3 N–H and O–H groups in total. The predicted octanol–water partition coefficient (Wildman–Crippen LogP) is 3.36. The third-order valence-corrected chi connectivity index (χ3v) is 7.77. The van der Waals surface area contributed by atoms with Gasteiger partial charge in [-0.3, -0.25) is 9.36 Å². The number of piperidine rings is 1. The molecule has 2 aliphatic rings. The van der Waals surface area contributed by atoms with Gasteiger partial charge >= 0.3 is 0 Å². The molecule has 2 aromatic carbocycles. The molecule has 214 valence electrons. The average Bonchev–Trinajstić information content (AvgIpc) is 3.36. The maximum Gasteiger partial charge on any atom is 0.248 e. The number of aliphatic hydroxyl groups excluding tert-OH is 1. The highest BCUT2D eigenvalue weighted by atomic mass is 19.1. The largest absolute Gasteiger partial charge is 0.387 e. The first-order chi connectivity index (χ1) is 20.0. The van der Waals surface area contributed by atoms with E-state index in [0.717, 1.165) is 44.7 Å². The number of nitrogens with one attached hydrogen (secondary N) is 2. The minimum Gasteiger partial charge on any atom is -0.387 e. The van der Waals surface area contributed by atoms with Crippen molar-refractivity contribution in [1.82, 2.24) is 29.3 Å². The maximum absolute atomic E-state index is 13.5. The van der Waals surface area contributed by atoms with Crippen molar-refractivity contribution >= 4 is 46.0 Å². The van der Waals surface area contributed by atoms with Gasteiger partial charge in [0.15, 0.2) is 5.65 Å². The van der Waals surface area contributed by atoms with E-state index in [4.69, 9.17) is 9.97 Å². The summed E-state index contributed by atoms with van der Waals surface area (Å²) in [6.07, 6.45) is 3.26. The predicted molar refractivity (Wildman–Crippen MR) is 156 cm³/mol. The number of piperazine rings is 1. The highest BCUT2D eigenvalue weighted by molar-refractivity contribution is 5.78. The van der Waals surface area contributed by atoms with E-state index in [9.17, 15) is 14.3 Å². The first kappa shape index (κ1) is 26.9. The summed E-state index contributed by atoms with van der Waals surface area (Å²) in [6, 6.07) is 14.2. The lowest BCUT2D eigenvalue weighted by molar-refractivity contribution is -0.135. The van der Waals surface area contributed by atoms with Gasteiger partial charge in [0.2, 0.25) is 17.8 Å². The average molecular weight is 560 g/mol. The second-order valence-electron chi connectivity index (χ2n) is 10.6. The maximum atomic E-state index is 13.5. The monoisotopic (exact) mass is 559 g/mol. The quantitative estimate of drug-likeness (QED) is 0.314. The normalized spacial score (nSPS) is 18.1. The van der Waals surface area contributed by atoms with Crippen molar-refractivity contribution in [3.63, 3.8) is 0 Å². The minimum absolute atomic E-state index is 0.127. The third-order valence-electron chi connectivity index (χ3n) is 7.77. The summed E-state index contributed by atoms with van der Waals surface area (Å²) in [5.74, 6) is 0.327. The number of benzene rings is 2. The van der Waals surface area contributed by atoms with Gasteiger partial charge in [-0.05, 0) is 68.4 Å². The van der Waals surface area contributed by atoms with Gasteiger partial charge in [0.25, 0.3) is 0 Å². The van der Waals surface area contributed by atoms with E-state index < -0.39 is 6.61 Å². The molecule has 4 aromatic rings. The Bertz CT molecular complexity index is 1500. The van der Waals surface area contributed by atoms with Crippen LogP contribution in [-0.2, 0) is 4.79 Å². The van der Waals surface area contributed by atoms with Crippen molar-refractivity contribution in [2.75, 3.05) is 68.5 Å². The van der Waals surface area contributed by atoms with Gasteiger partial charge in [0.05, 0.1) is 12.2 Å². The molecule has 2 aliphatic heterocycles. The van der Waals surface area contributed by atoms with Crippen LogP contribution in [0.5, 0.6) is 0 Å². The number of nitrogens with zero attached hydrogens (tertiary/aromatic N) is 7. The number of rotatable bonds is 7. The number of hydrogen-bond donors (Lipinski definition) is 3. The molecule has 4 heterocycles. The van der Waals surface area contributed by atoms with Crippen LogP contribution in [0.25, 0.3) is 11.2 Å². The molecule has 2 aromatic heterocycles. The topological polar surface area (TPSA) is 115 Å². The number of carbonyl (C=O) groups is 1. The van der Waals surface area contributed by atoms with Gasteiger partial charge in [0, 0.05) is 56.3 Å². The van der Waals surface area contributed by atoms with Crippen LogP contribution in [0.2, 0.25) is 0 Å². The fourth-order valence-electron chi connectivity index (χ4n) is 5.49. The van der Waals surface area contributed by atoms with Gasteiger partial charge in [-0.2, -0.15) is 4.98 Å². The molecule has 0 aliphatic carbocycles. The van der Waals surface area contributed by atoms with E-state index in [1.165, 1.54) is 17.8 Å². The lowest BCUT2D eigenvalue weighted by atomic mass is 10.1. The SMILES string of the molecule is CN1CCN(c2ccc(Nc3ncc4nc(Nc5ccc(F)cc5)n([C@@H]5CCCN(C(=O)CO)C5)c4n3)cc2)CC1. The van der Waals surface area contributed by atoms with Crippen LogP contribution in [0.4, 0.5) is 33.3 Å². The number of likely N-dealkylation sites (N-methyl/N-ethyl adjacent to an activating group) is 1. The number of aliphatic hydroxyl groups is 1. The summed E-state index contributed by atoms with van der Waals surface area (Å²) in [5.41, 5.74) is 3.94. The summed E-state index contributed by atoms with van der Waals surface area (Å²) in [7, 11) is 2.15.